The van der Waals surface area contributed by atoms with Crippen molar-refractivity contribution in [3.63, 3.8) is 0 Å². The van der Waals surface area contributed by atoms with Crippen LogP contribution in [-0.2, 0) is 9.47 Å². The van der Waals surface area contributed by atoms with E-state index in [0.717, 1.165) is 11.6 Å². The SMILES string of the molecule is COC(=O)OC.Nc1ccc(C2CCCCC2)cc1. The standard InChI is InChI=1S/C12H17N.C3H6O3/c13-12-8-6-11(7-9-12)10-4-2-1-3-5-10;1-5-3(4)6-2/h6-10H,1-5,13H2;1-2H3. The van der Waals surface area contributed by atoms with Crippen molar-refractivity contribution < 1.29 is 14.3 Å². The van der Waals surface area contributed by atoms with Crippen LogP contribution in [-0.4, -0.2) is 20.4 Å². The number of benzene rings is 1. The Labute approximate surface area is 114 Å². The van der Waals surface area contributed by atoms with E-state index in [2.05, 4.69) is 21.6 Å². The first kappa shape index (κ1) is 15.3. The van der Waals surface area contributed by atoms with Crippen LogP contribution in [0.4, 0.5) is 10.5 Å². The van der Waals surface area contributed by atoms with E-state index in [1.807, 2.05) is 12.1 Å². The molecule has 19 heavy (non-hydrogen) atoms. The van der Waals surface area contributed by atoms with E-state index >= 15 is 0 Å². The average Bonchev–Trinajstić information content (AvgIpc) is 2.48. The Bertz CT molecular complexity index is 363. The van der Waals surface area contributed by atoms with Gasteiger partial charge in [-0.05, 0) is 36.5 Å². The van der Waals surface area contributed by atoms with Crippen molar-refractivity contribution in [2.45, 2.75) is 38.0 Å². The highest BCUT2D eigenvalue weighted by atomic mass is 16.7. The average molecular weight is 265 g/mol. The predicted octanol–water partition coefficient (Wildman–Crippen LogP) is 3.72. The molecule has 1 fully saturated rings. The maximum absolute atomic E-state index is 9.74. The summed E-state index contributed by atoms with van der Waals surface area (Å²) in [6, 6.07) is 8.41. The molecule has 1 aromatic rings. The monoisotopic (exact) mass is 265 g/mol. The Hall–Kier alpha value is -1.71. The zero-order chi connectivity index (χ0) is 14.1. The molecule has 0 spiro atoms. The number of rotatable bonds is 1. The number of carbonyl (C=O) groups is 1. The van der Waals surface area contributed by atoms with E-state index in [4.69, 9.17) is 5.73 Å². The van der Waals surface area contributed by atoms with Crippen LogP contribution in [0.25, 0.3) is 0 Å². The molecular weight excluding hydrogens is 242 g/mol. The molecule has 0 unspecified atom stereocenters. The third-order valence-corrected chi connectivity index (χ3v) is 3.35. The molecule has 106 valence electrons. The lowest BCUT2D eigenvalue weighted by Crippen LogP contribution is -2.04. The summed E-state index contributed by atoms with van der Waals surface area (Å²) in [6.45, 7) is 0. The maximum atomic E-state index is 9.74. The van der Waals surface area contributed by atoms with Crippen LogP contribution in [0.3, 0.4) is 0 Å². The fraction of sp³-hybridized carbons (Fsp3) is 0.533. The van der Waals surface area contributed by atoms with E-state index in [1.54, 1.807) is 0 Å². The van der Waals surface area contributed by atoms with Gasteiger partial charge in [0.05, 0.1) is 14.2 Å². The van der Waals surface area contributed by atoms with Gasteiger partial charge in [0.1, 0.15) is 0 Å². The second-order valence-electron chi connectivity index (χ2n) is 4.66. The largest absolute Gasteiger partial charge is 0.507 e. The number of hydrogen-bond donors (Lipinski definition) is 1. The molecule has 0 radical (unpaired) electrons. The summed E-state index contributed by atoms with van der Waals surface area (Å²) in [5, 5.41) is 0. The van der Waals surface area contributed by atoms with Crippen LogP contribution >= 0.6 is 0 Å². The highest BCUT2D eigenvalue weighted by molar-refractivity contribution is 5.59. The first-order valence-electron chi connectivity index (χ1n) is 6.64. The lowest BCUT2D eigenvalue weighted by atomic mass is 9.84. The van der Waals surface area contributed by atoms with Crippen LogP contribution < -0.4 is 5.73 Å². The van der Waals surface area contributed by atoms with Crippen molar-refractivity contribution in [1.29, 1.82) is 0 Å². The molecule has 4 nitrogen and oxygen atoms in total. The molecule has 1 aromatic carbocycles. The van der Waals surface area contributed by atoms with E-state index in [0.29, 0.717) is 0 Å². The van der Waals surface area contributed by atoms with Gasteiger partial charge >= 0.3 is 6.16 Å². The van der Waals surface area contributed by atoms with Crippen LogP contribution in [0.15, 0.2) is 24.3 Å². The fourth-order valence-corrected chi connectivity index (χ4v) is 2.29. The number of anilines is 1. The smallest absolute Gasteiger partial charge is 0.438 e. The Morgan fingerprint density at radius 1 is 1.05 bits per heavy atom. The number of ether oxygens (including phenoxy) is 2. The van der Waals surface area contributed by atoms with Gasteiger partial charge in [0.15, 0.2) is 0 Å². The summed E-state index contributed by atoms with van der Waals surface area (Å²) >= 11 is 0. The third kappa shape index (κ3) is 5.64. The van der Waals surface area contributed by atoms with Gasteiger partial charge in [0.2, 0.25) is 0 Å². The van der Waals surface area contributed by atoms with E-state index in [-0.39, 0.29) is 0 Å². The molecule has 4 heteroatoms. The minimum atomic E-state index is -0.657. The molecule has 0 aromatic heterocycles. The Morgan fingerprint density at radius 2 is 1.58 bits per heavy atom. The fourth-order valence-electron chi connectivity index (χ4n) is 2.29. The topological polar surface area (TPSA) is 61.5 Å². The van der Waals surface area contributed by atoms with Crippen LogP contribution in [0.5, 0.6) is 0 Å². The molecule has 2 rings (SSSR count). The highest BCUT2D eigenvalue weighted by Crippen LogP contribution is 2.32. The van der Waals surface area contributed by atoms with E-state index in [9.17, 15) is 4.79 Å². The zero-order valence-corrected chi connectivity index (χ0v) is 11.7. The van der Waals surface area contributed by atoms with Gasteiger partial charge in [-0.15, -0.1) is 0 Å². The predicted molar refractivity (Wildman–Crippen MR) is 76.1 cm³/mol. The van der Waals surface area contributed by atoms with Crippen LogP contribution in [0, 0.1) is 0 Å². The van der Waals surface area contributed by atoms with Gasteiger partial charge in [0.25, 0.3) is 0 Å². The minimum absolute atomic E-state index is 0.657. The first-order chi connectivity index (χ1) is 9.17. The molecular formula is C15H23NO3. The number of carbonyl (C=O) groups excluding carboxylic acids is 1. The van der Waals surface area contributed by atoms with Gasteiger partial charge in [-0.1, -0.05) is 31.4 Å². The van der Waals surface area contributed by atoms with Crippen molar-refractivity contribution in [2.24, 2.45) is 0 Å². The molecule has 0 heterocycles. The molecule has 0 atom stereocenters. The number of methoxy groups -OCH3 is 2. The first-order valence-corrected chi connectivity index (χ1v) is 6.64. The lowest BCUT2D eigenvalue weighted by molar-refractivity contribution is 0.0924. The summed E-state index contributed by atoms with van der Waals surface area (Å²) in [5.74, 6) is 0.800. The quantitative estimate of drug-likeness (QED) is 0.621. The van der Waals surface area contributed by atoms with E-state index < -0.39 is 6.16 Å². The molecule has 2 N–H and O–H groups in total. The molecule has 0 bridgehead atoms. The summed E-state index contributed by atoms with van der Waals surface area (Å²) in [5.41, 5.74) is 8.01. The van der Waals surface area contributed by atoms with Gasteiger partial charge in [-0.25, -0.2) is 4.79 Å². The molecule has 1 aliphatic carbocycles. The zero-order valence-electron chi connectivity index (χ0n) is 11.7. The van der Waals surface area contributed by atoms with Crippen LogP contribution in [0.2, 0.25) is 0 Å². The molecule has 1 aliphatic rings. The van der Waals surface area contributed by atoms with Crippen LogP contribution in [0.1, 0.15) is 43.6 Å². The summed E-state index contributed by atoms with van der Waals surface area (Å²) in [6.07, 6.45) is 6.29. The van der Waals surface area contributed by atoms with Gasteiger partial charge < -0.3 is 15.2 Å². The summed E-state index contributed by atoms with van der Waals surface area (Å²) < 4.78 is 8.08. The Balaban J connectivity index is 0.000000258. The summed E-state index contributed by atoms with van der Waals surface area (Å²) in [7, 11) is 2.51. The second kappa shape index (κ2) is 8.40. The second-order valence-corrected chi connectivity index (χ2v) is 4.66. The molecule has 0 amide bonds. The molecule has 0 saturated heterocycles. The van der Waals surface area contributed by atoms with Gasteiger partial charge in [0, 0.05) is 5.69 Å². The van der Waals surface area contributed by atoms with Crippen molar-refractivity contribution in [2.75, 3.05) is 20.0 Å². The summed E-state index contributed by atoms with van der Waals surface area (Å²) in [4.78, 5) is 9.74. The Kier molecular flexibility index (Phi) is 6.79. The number of nitrogens with two attached hydrogens (primary N) is 1. The normalized spacial score (nSPS) is 15.1. The van der Waals surface area contributed by atoms with Crippen molar-refractivity contribution in [3.8, 4) is 0 Å². The minimum Gasteiger partial charge on any atom is -0.438 e. The highest BCUT2D eigenvalue weighted by Gasteiger charge is 2.14. The van der Waals surface area contributed by atoms with E-state index in [1.165, 1.54) is 51.9 Å². The van der Waals surface area contributed by atoms with Crippen molar-refractivity contribution in [1.82, 2.24) is 0 Å². The van der Waals surface area contributed by atoms with Gasteiger partial charge in [-0.2, -0.15) is 0 Å². The Morgan fingerprint density at radius 3 is 2.00 bits per heavy atom. The number of nitrogen functional groups attached to an aromatic ring is 1. The van der Waals surface area contributed by atoms with Crippen molar-refractivity contribution >= 4 is 11.8 Å². The van der Waals surface area contributed by atoms with Crippen molar-refractivity contribution in [3.05, 3.63) is 29.8 Å². The third-order valence-electron chi connectivity index (χ3n) is 3.35. The molecule has 1 saturated carbocycles. The van der Waals surface area contributed by atoms with Gasteiger partial charge in [-0.3, -0.25) is 0 Å². The maximum Gasteiger partial charge on any atom is 0.507 e. The lowest BCUT2D eigenvalue weighted by Gasteiger charge is -2.21. The molecule has 0 aliphatic heterocycles. The number of hydrogen-bond acceptors (Lipinski definition) is 4.